The maximum absolute atomic E-state index is 2.90. The molecule has 0 bridgehead atoms. The van der Waals surface area contributed by atoms with Crippen LogP contribution in [0.2, 0.25) is 0 Å². The summed E-state index contributed by atoms with van der Waals surface area (Å²) in [5.74, 6) is 0. The van der Waals surface area contributed by atoms with E-state index in [4.69, 9.17) is 0 Å². The van der Waals surface area contributed by atoms with Crippen molar-refractivity contribution < 1.29 is 0 Å². The third kappa shape index (κ3) is 5.38. The summed E-state index contributed by atoms with van der Waals surface area (Å²) >= 11 is 0. The van der Waals surface area contributed by atoms with Crippen molar-refractivity contribution in [3.05, 3.63) is 33.9 Å². The van der Waals surface area contributed by atoms with Crippen molar-refractivity contribution >= 4 is 17.2 Å². The van der Waals surface area contributed by atoms with E-state index in [9.17, 15) is 0 Å². The second-order valence-corrected chi connectivity index (χ2v) is 7.62. The van der Waals surface area contributed by atoms with Crippen LogP contribution in [0.1, 0.15) is 59.8 Å². The van der Waals surface area contributed by atoms with Crippen molar-refractivity contribution in [1.29, 1.82) is 0 Å². The molecule has 0 aromatic carbocycles. The Morgan fingerprint density at radius 2 is 1.94 bits per heavy atom. The van der Waals surface area contributed by atoms with Crippen LogP contribution in [-0.4, -0.2) is 6.16 Å². The lowest BCUT2D eigenvalue weighted by atomic mass is 9.91. The van der Waals surface area contributed by atoms with Gasteiger partial charge in [0.2, 0.25) is 0 Å². The summed E-state index contributed by atoms with van der Waals surface area (Å²) in [6.45, 7) is 9.17. The molecule has 2 atom stereocenters. The zero-order valence-corrected chi connectivity index (χ0v) is 14.6. The van der Waals surface area contributed by atoms with Crippen LogP contribution < -0.4 is 0 Å². The van der Waals surface area contributed by atoms with Gasteiger partial charge in [0.1, 0.15) is 0 Å². The predicted molar refractivity (Wildman–Crippen MR) is 90.8 cm³/mol. The molecule has 1 aliphatic carbocycles. The van der Waals surface area contributed by atoms with E-state index in [-0.39, 0.29) is 0 Å². The van der Waals surface area contributed by atoms with E-state index in [1.54, 1.807) is 22.3 Å². The molecule has 2 unspecified atom stereocenters. The molecular weight excluding hydrogens is 254 g/mol. The van der Waals surface area contributed by atoms with Gasteiger partial charge >= 0.3 is 0 Å². The van der Waals surface area contributed by atoms with Gasteiger partial charge in [-0.1, -0.05) is 42.2 Å². The Hall–Kier alpha value is 0.0800. The highest BCUT2D eigenvalue weighted by molar-refractivity contribution is 8.02. The monoisotopic (exact) mass is 282 g/mol. The Morgan fingerprint density at radius 3 is 2.56 bits per heavy atom. The minimum absolute atomic E-state index is 0.964. The summed E-state index contributed by atoms with van der Waals surface area (Å²) in [6, 6.07) is 0. The summed E-state index contributed by atoms with van der Waals surface area (Å²) in [5, 5.41) is 0. The van der Waals surface area contributed by atoms with Gasteiger partial charge in [-0.2, -0.15) is 0 Å². The van der Waals surface area contributed by atoms with Crippen molar-refractivity contribution in [2.75, 3.05) is 6.16 Å². The van der Waals surface area contributed by atoms with Gasteiger partial charge in [0.15, 0.2) is 0 Å². The van der Waals surface area contributed by atoms with Crippen molar-refractivity contribution in [2.24, 2.45) is 0 Å². The standard InChI is InChI=1S/C16H28P2/c1-12(2)15-9-8-13(3)6-5-7-14(4)16(10-15)11-18-17/h6,18H,5,7-11,17H2,1-4H3/b13-6+,16-14+. The first-order valence-corrected chi connectivity index (χ1v) is 9.98. The molecule has 0 aromatic heterocycles. The van der Waals surface area contributed by atoms with Crippen LogP contribution in [0.4, 0.5) is 0 Å². The molecule has 0 aliphatic heterocycles. The highest BCUT2D eigenvalue weighted by Gasteiger charge is 2.09. The minimum atomic E-state index is 0.964. The van der Waals surface area contributed by atoms with E-state index in [1.807, 2.05) is 0 Å². The molecule has 102 valence electrons. The summed E-state index contributed by atoms with van der Waals surface area (Å²) in [7, 11) is 3.87. The van der Waals surface area contributed by atoms with Gasteiger partial charge in [0, 0.05) is 0 Å². The van der Waals surface area contributed by atoms with E-state index in [0.29, 0.717) is 0 Å². The van der Waals surface area contributed by atoms with E-state index in [1.165, 1.54) is 43.8 Å². The van der Waals surface area contributed by atoms with Gasteiger partial charge in [0.25, 0.3) is 0 Å². The molecule has 18 heavy (non-hydrogen) atoms. The molecule has 0 fully saturated rings. The van der Waals surface area contributed by atoms with E-state index < -0.39 is 0 Å². The van der Waals surface area contributed by atoms with Crippen molar-refractivity contribution in [3.8, 4) is 0 Å². The number of hydrogen-bond donors (Lipinski definition) is 0. The molecular formula is C16H28P2. The molecule has 0 saturated carbocycles. The van der Waals surface area contributed by atoms with Crippen molar-refractivity contribution in [1.82, 2.24) is 0 Å². The number of hydrogen-bond acceptors (Lipinski definition) is 0. The average molecular weight is 282 g/mol. The normalized spacial score (nSPS) is 26.3. The number of rotatable bonds is 2. The molecule has 0 saturated heterocycles. The molecule has 0 radical (unpaired) electrons. The maximum Gasteiger partial charge on any atom is -0.00997 e. The first kappa shape index (κ1) is 16.1. The summed E-state index contributed by atoms with van der Waals surface area (Å²) in [4.78, 5) is 0. The molecule has 0 amide bonds. The minimum Gasteiger partial charge on any atom is -0.114 e. The Bertz CT molecular complexity index is 369. The van der Waals surface area contributed by atoms with Crippen LogP contribution >= 0.6 is 17.2 Å². The molecule has 1 aliphatic rings. The predicted octanol–water partition coefficient (Wildman–Crippen LogP) is 6.02. The lowest BCUT2D eigenvalue weighted by Crippen LogP contribution is -1.99. The van der Waals surface area contributed by atoms with Crippen molar-refractivity contribution in [2.45, 2.75) is 59.8 Å². The first-order valence-electron chi connectivity index (χ1n) is 6.96. The molecule has 1 rings (SSSR count). The molecule has 2 heteroatoms. The van der Waals surface area contributed by atoms with Crippen LogP contribution in [0, 0.1) is 0 Å². The average Bonchev–Trinajstić information content (AvgIpc) is 2.31. The van der Waals surface area contributed by atoms with Crippen LogP contribution in [0.15, 0.2) is 33.9 Å². The summed E-state index contributed by atoms with van der Waals surface area (Å²) < 4.78 is 0. The van der Waals surface area contributed by atoms with E-state index in [0.717, 1.165) is 8.27 Å². The zero-order valence-electron chi connectivity index (χ0n) is 12.4. The van der Waals surface area contributed by atoms with Crippen LogP contribution in [0.25, 0.3) is 0 Å². The second kappa shape index (κ2) is 8.29. The fourth-order valence-corrected chi connectivity index (χ4v) is 3.83. The highest BCUT2D eigenvalue weighted by atomic mass is 32.0. The fourth-order valence-electron chi connectivity index (χ4n) is 2.42. The summed E-state index contributed by atoms with van der Waals surface area (Å²) in [6.07, 6.45) is 9.91. The lowest BCUT2D eigenvalue weighted by Gasteiger charge is -2.18. The van der Waals surface area contributed by atoms with Crippen LogP contribution in [0.5, 0.6) is 0 Å². The van der Waals surface area contributed by atoms with Gasteiger partial charge in [-0.05, 0) is 66.0 Å². The molecule has 0 N–H and O–H groups in total. The quantitative estimate of drug-likeness (QED) is 0.429. The zero-order chi connectivity index (χ0) is 13.5. The number of allylic oxidation sites excluding steroid dienone is 6. The van der Waals surface area contributed by atoms with Crippen LogP contribution in [-0.2, 0) is 0 Å². The molecule has 0 spiro atoms. The van der Waals surface area contributed by atoms with Gasteiger partial charge in [0.05, 0.1) is 0 Å². The third-order valence-corrected chi connectivity index (χ3v) is 5.13. The van der Waals surface area contributed by atoms with E-state index >= 15 is 0 Å². The van der Waals surface area contributed by atoms with Crippen molar-refractivity contribution in [3.63, 3.8) is 0 Å². The van der Waals surface area contributed by atoms with Gasteiger partial charge in [-0.3, -0.25) is 0 Å². The van der Waals surface area contributed by atoms with Gasteiger partial charge in [-0.25, -0.2) is 0 Å². The largest absolute Gasteiger partial charge is 0.114 e. The second-order valence-electron chi connectivity index (χ2n) is 5.63. The SMILES string of the molecule is CC(C)=C1CC/C(C)=C/CC/C(C)=C(/CPP)C1. The molecule has 0 heterocycles. The Labute approximate surface area is 117 Å². The smallest absolute Gasteiger partial charge is 0.00997 e. The third-order valence-electron chi connectivity index (χ3n) is 3.89. The summed E-state index contributed by atoms with van der Waals surface area (Å²) in [5.41, 5.74) is 8.10. The fraction of sp³-hybridized carbons (Fsp3) is 0.625. The van der Waals surface area contributed by atoms with Gasteiger partial charge < -0.3 is 0 Å². The Morgan fingerprint density at radius 1 is 1.22 bits per heavy atom. The Kier molecular flexibility index (Phi) is 7.43. The van der Waals surface area contributed by atoms with Crippen LogP contribution in [0.3, 0.4) is 0 Å². The highest BCUT2D eigenvalue weighted by Crippen LogP contribution is 2.32. The maximum atomic E-state index is 2.90. The molecule has 0 nitrogen and oxygen atoms in total. The van der Waals surface area contributed by atoms with E-state index in [2.05, 4.69) is 42.7 Å². The molecule has 0 aromatic rings. The first-order chi connectivity index (χ1) is 8.54. The van der Waals surface area contributed by atoms with Gasteiger partial charge in [-0.15, -0.1) is 8.93 Å². The lowest BCUT2D eigenvalue weighted by molar-refractivity contribution is 0.824. The topological polar surface area (TPSA) is 0 Å². The Balaban J connectivity index is 2.99.